The molecular weight excluding hydrogens is 280 g/mol. The molecule has 0 saturated heterocycles. The molecule has 0 bridgehead atoms. The number of guanidine groups is 1. The number of rotatable bonds is 6. The average Bonchev–Trinajstić information content (AvgIpc) is 3.03. The molecule has 2 aromatic rings. The van der Waals surface area contributed by atoms with Gasteiger partial charge in [0.1, 0.15) is 6.33 Å². The van der Waals surface area contributed by atoms with Crippen molar-refractivity contribution in [3.05, 3.63) is 29.6 Å². The zero-order valence-corrected chi connectivity index (χ0v) is 13.7. The maximum absolute atomic E-state index is 4.45. The first kappa shape index (κ1) is 16.0. The maximum Gasteiger partial charge on any atom is 0.191 e. The van der Waals surface area contributed by atoms with E-state index in [1.165, 1.54) is 5.69 Å². The van der Waals surface area contributed by atoms with Gasteiger partial charge in [-0.2, -0.15) is 5.10 Å². The predicted molar refractivity (Wildman–Crippen MR) is 85.5 cm³/mol. The Labute approximate surface area is 130 Å². The third-order valence-corrected chi connectivity index (χ3v) is 3.39. The van der Waals surface area contributed by atoms with E-state index in [-0.39, 0.29) is 0 Å². The summed E-state index contributed by atoms with van der Waals surface area (Å²) in [7, 11) is 3.68. The second-order valence-corrected chi connectivity index (χ2v) is 5.21. The molecule has 2 heterocycles. The summed E-state index contributed by atoms with van der Waals surface area (Å²) in [4.78, 5) is 4.20. The highest BCUT2D eigenvalue weighted by atomic mass is 15.3. The summed E-state index contributed by atoms with van der Waals surface area (Å²) < 4.78 is 3.91. The molecule has 0 amide bonds. The van der Waals surface area contributed by atoms with E-state index in [4.69, 9.17) is 0 Å². The minimum atomic E-state index is 0.591. The zero-order valence-electron chi connectivity index (χ0n) is 13.7. The lowest BCUT2D eigenvalue weighted by molar-refractivity contribution is 0.554. The molecule has 22 heavy (non-hydrogen) atoms. The first-order valence-corrected chi connectivity index (χ1v) is 7.38. The van der Waals surface area contributed by atoms with Crippen LogP contribution in [0.2, 0.25) is 0 Å². The fourth-order valence-corrected chi connectivity index (χ4v) is 2.19. The van der Waals surface area contributed by atoms with Crippen molar-refractivity contribution in [3.8, 4) is 0 Å². The molecule has 0 atom stereocenters. The summed E-state index contributed by atoms with van der Waals surface area (Å²) in [6.07, 6.45) is 2.66. The molecule has 0 saturated carbocycles. The highest BCUT2D eigenvalue weighted by molar-refractivity contribution is 5.79. The van der Waals surface area contributed by atoms with E-state index in [1.54, 1.807) is 13.4 Å². The van der Waals surface area contributed by atoms with Crippen molar-refractivity contribution >= 4 is 5.96 Å². The number of hydrogen-bond acceptors (Lipinski definition) is 4. The van der Waals surface area contributed by atoms with Gasteiger partial charge >= 0.3 is 0 Å². The van der Waals surface area contributed by atoms with Crippen LogP contribution in [0.5, 0.6) is 0 Å². The Kier molecular flexibility index (Phi) is 5.51. The molecule has 0 aromatic carbocycles. The van der Waals surface area contributed by atoms with Gasteiger partial charge in [0.25, 0.3) is 0 Å². The van der Waals surface area contributed by atoms with Crippen molar-refractivity contribution in [2.45, 2.75) is 33.4 Å². The molecule has 120 valence electrons. The van der Waals surface area contributed by atoms with Gasteiger partial charge in [-0.15, -0.1) is 10.2 Å². The van der Waals surface area contributed by atoms with Crippen LogP contribution in [0.4, 0.5) is 0 Å². The molecule has 0 unspecified atom stereocenters. The molecule has 0 aliphatic heterocycles. The van der Waals surface area contributed by atoms with Gasteiger partial charge in [0.15, 0.2) is 11.8 Å². The molecule has 2 N–H and O–H groups in total. The second-order valence-electron chi connectivity index (χ2n) is 5.21. The van der Waals surface area contributed by atoms with Gasteiger partial charge in [-0.05, 0) is 26.3 Å². The molecule has 2 aromatic heterocycles. The largest absolute Gasteiger partial charge is 0.356 e. The van der Waals surface area contributed by atoms with Crippen LogP contribution in [0.25, 0.3) is 0 Å². The van der Waals surface area contributed by atoms with Crippen molar-refractivity contribution in [3.63, 3.8) is 0 Å². The lowest BCUT2D eigenvalue weighted by Crippen LogP contribution is -2.38. The number of nitrogens with one attached hydrogen (secondary N) is 2. The average molecular weight is 304 g/mol. The SMILES string of the molecule is CN=C(NCCCn1nc(C)cc1C)NCc1nncn1C. The highest BCUT2D eigenvalue weighted by Gasteiger charge is 2.03. The number of hydrogen-bond donors (Lipinski definition) is 2. The fourth-order valence-electron chi connectivity index (χ4n) is 2.19. The van der Waals surface area contributed by atoms with Crippen LogP contribution in [0.15, 0.2) is 17.4 Å². The van der Waals surface area contributed by atoms with Crippen molar-refractivity contribution in [1.29, 1.82) is 0 Å². The van der Waals surface area contributed by atoms with E-state index in [1.807, 2.05) is 23.2 Å². The summed E-state index contributed by atoms with van der Waals surface area (Å²) in [6, 6.07) is 2.09. The van der Waals surface area contributed by atoms with Crippen LogP contribution >= 0.6 is 0 Å². The van der Waals surface area contributed by atoms with Crippen molar-refractivity contribution < 1.29 is 0 Å². The third kappa shape index (κ3) is 4.31. The lowest BCUT2D eigenvalue weighted by atomic mass is 10.4. The van der Waals surface area contributed by atoms with Crippen LogP contribution in [0.1, 0.15) is 23.6 Å². The Morgan fingerprint density at radius 3 is 2.73 bits per heavy atom. The summed E-state index contributed by atoms with van der Waals surface area (Å²) >= 11 is 0. The van der Waals surface area contributed by atoms with Gasteiger partial charge in [-0.3, -0.25) is 9.67 Å². The van der Waals surface area contributed by atoms with Crippen LogP contribution in [0, 0.1) is 13.8 Å². The van der Waals surface area contributed by atoms with Gasteiger partial charge in [0, 0.05) is 32.9 Å². The molecule has 8 heteroatoms. The first-order valence-electron chi connectivity index (χ1n) is 7.38. The summed E-state index contributed by atoms with van der Waals surface area (Å²) in [5.41, 5.74) is 2.26. The maximum atomic E-state index is 4.45. The normalized spacial score (nSPS) is 11.7. The Bertz CT molecular complexity index is 625. The number of nitrogens with zero attached hydrogens (tertiary/aromatic N) is 6. The fraction of sp³-hybridized carbons (Fsp3) is 0.571. The Balaban J connectivity index is 1.70. The van der Waals surface area contributed by atoms with Gasteiger partial charge < -0.3 is 15.2 Å². The Morgan fingerprint density at radius 1 is 1.32 bits per heavy atom. The van der Waals surface area contributed by atoms with Crippen LogP contribution in [0.3, 0.4) is 0 Å². The van der Waals surface area contributed by atoms with E-state index < -0.39 is 0 Å². The molecule has 0 spiro atoms. The monoisotopic (exact) mass is 304 g/mol. The molecular formula is C14H24N8. The minimum Gasteiger partial charge on any atom is -0.356 e. The van der Waals surface area contributed by atoms with E-state index in [2.05, 4.69) is 43.9 Å². The van der Waals surface area contributed by atoms with Crippen molar-refractivity contribution in [2.75, 3.05) is 13.6 Å². The topological polar surface area (TPSA) is 84.9 Å². The van der Waals surface area contributed by atoms with E-state index in [0.717, 1.165) is 37.0 Å². The predicted octanol–water partition coefficient (Wildman–Crippen LogP) is 0.384. The quantitative estimate of drug-likeness (QED) is 0.458. The highest BCUT2D eigenvalue weighted by Crippen LogP contribution is 2.02. The van der Waals surface area contributed by atoms with E-state index in [9.17, 15) is 0 Å². The molecule has 0 aliphatic rings. The third-order valence-electron chi connectivity index (χ3n) is 3.39. The van der Waals surface area contributed by atoms with Crippen molar-refractivity contribution in [2.24, 2.45) is 12.0 Å². The smallest absolute Gasteiger partial charge is 0.191 e. The summed E-state index contributed by atoms with van der Waals surface area (Å²) in [5, 5.41) is 18.8. The zero-order chi connectivity index (χ0) is 15.9. The number of aryl methyl sites for hydroxylation is 4. The molecule has 0 fully saturated rings. The molecule has 8 nitrogen and oxygen atoms in total. The lowest BCUT2D eigenvalue weighted by Gasteiger charge is -2.11. The van der Waals surface area contributed by atoms with Gasteiger partial charge in [-0.1, -0.05) is 0 Å². The van der Waals surface area contributed by atoms with Gasteiger partial charge in [0.2, 0.25) is 0 Å². The standard InChI is InChI=1S/C14H24N8/c1-11-8-12(2)22(20-11)7-5-6-16-14(15-3)17-9-13-19-18-10-21(13)4/h8,10H,5-7,9H2,1-4H3,(H2,15,16,17). The Morgan fingerprint density at radius 2 is 2.14 bits per heavy atom. The number of aromatic nitrogens is 5. The van der Waals surface area contributed by atoms with E-state index in [0.29, 0.717) is 6.54 Å². The number of aliphatic imine (C=N–C) groups is 1. The minimum absolute atomic E-state index is 0.591. The Hall–Kier alpha value is -2.38. The molecule has 0 radical (unpaired) electrons. The first-order chi connectivity index (χ1) is 10.6. The molecule has 2 rings (SSSR count). The van der Waals surface area contributed by atoms with E-state index >= 15 is 0 Å². The van der Waals surface area contributed by atoms with Crippen LogP contribution in [-0.2, 0) is 20.1 Å². The summed E-state index contributed by atoms with van der Waals surface area (Å²) in [6.45, 7) is 6.41. The van der Waals surface area contributed by atoms with Crippen molar-refractivity contribution in [1.82, 2.24) is 35.2 Å². The van der Waals surface area contributed by atoms with Crippen LogP contribution < -0.4 is 10.6 Å². The van der Waals surface area contributed by atoms with Gasteiger partial charge in [0.05, 0.1) is 12.2 Å². The summed E-state index contributed by atoms with van der Waals surface area (Å²) in [5.74, 6) is 1.63. The molecule has 0 aliphatic carbocycles. The van der Waals surface area contributed by atoms with Crippen LogP contribution in [-0.4, -0.2) is 44.1 Å². The second kappa shape index (κ2) is 7.58. The van der Waals surface area contributed by atoms with Gasteiger partial charge in [-0.25, -0.2) is 0 Å².